The molecule has 1 saturated carbocycles. The van der Waals surface area contributed by atoms with Gasteiger partial charge in [0.2, 0.25) is 0 Å². The Hall–Kier alpha value is -1.82. The van der Waals surface area contributed by atoms with E-state index in [0.29, 0.717) is 32.6 Å². The Kier molecular flexibility index (Phi) is 4.30. The molecule has 0 amide bonds. The van der Waals surface area contributed by atoms with Gasteiger partial charge in [0.15, 0.2) is 0 Å². The second-order valence-corrected chi connectivity index (χ2v) is 8.62. The molecule has 0 saturated heterocycles. The summed E-state index contributed by atoms with van der Waals surface area (Å²) in [5.41, 5.74) is 2.86. The maximum Gasteiger partial charge on any atom is 0.109 e. The molecule has 0 radical (unpaired) electrons. The molecule has 0 aliphatic heterocycles. The average Bonchev–Trinajstić information content (AvgIpc) is 3.30. The summed E-state index contributed by atoms with van der Waals surface area (Å²) in [6.07, 6.45) is 4.14. The van der Waals surface area contributed by atoms with E-state index in [9.17, 15) is 0 Å². The third-order valence-electron chi connectivity index (χ3n) is 4.76. The summed E-state index contributed by atoms with van der Waals surface area (Å²) < 4.78 is 24.8. The molecule has 140 valence electrons. The summed E-state index contributed by atoms with van der Waals surface area (Å²) >= 11 is 7.20. The van der Waals surface area contributed by atoms with Crippen LogP contribution in [-0.4, -0.2) is 40.1 Å². The molecule has 1 aromatic carbocycles. The number of hydrogen-bond donors (Lipinski definition) is 0. The van der Waals surface area contributed by atoms with Crippen molar-refractivity contribution in [1.82, 2.24) is 19.4 Å². The van der Waals surface area contributed by atoms with E-state index in [4.69, 9.17) is 15.7 Å². The van der Waals surface area contributed by atoms with Crippen LogP contribution in [0, 0.1) is 5.92 Å². The Labute approximate surface area is 173 Å². The first-order valence-corrected chi connectivity index (χ1v) is 10.0. The minimum Gasteiger partial charge on any atom is -0.328 e. The van der Waals surface area contributed by atoms with Crippen molar-refractivity contribution in [1.29, 1.82) is 0 Å². The van der Waals surface area contributed by atoms with E-state index in [1.54, 1.807) is 18.3 Å². The van der Waals surface area contributed by atoms with E-state index in [1.165, 1.54) is 34.6 Å². The molecule has 27 heavy (non-hydrogen) atoms. The molecular weight excluding hydrogens is 376 g/mol. The van der Waals surface area contributed by atoms with E-state index in [1.807, 2.05) is 12.1 Å². The van der Waals surface area contributed by atoms with Crippen molar-refractivity contribution >= 4 is 23.4 Å². The van der Waals surface area contributed by atoms with Crippen LogP contribution in [0.4, 0.5) is 0 Å². The highest BCUT2D eigenvalue weighted by atomic mass is 35.5. The normalized spacial score (nSPS) is 21.0. The van der Waals surface area contributed by atoms with Gasteiger partial charge in [0.1, 0.15) is 15.7 Å². The third-order valence-corrected chi connectivity index (χ3v) is 6.02. The maximum absolute atomic E-state index is 7.86. The van der Waals surface area contributed by atoms with Crippen LogP contribution in [-0.2, 0) is 6.98 Å². The van der Waals surface area contributed by atoms with Gasteiger partial charge in [0.05, 0.1) is 11.3 Å². The van der Waals surface area contributed by atoms with Crippen LogP contribution < -0.4 is 0 Å². The zero-order valence-electron chi connectivity index (χ0n) is 18.3. The summed E-state index contributed by atoms with van der Waals surface area (Å²) in [6.45, 7) is -1.22. The predicted octanol–water partition coefficient (Wildman–Crippen LogP) is 4.95. The Bertz CT molecular complexity index is 1020. The SMILES string of the molecule is [3H]C([3H])([3H])n1cnc(-c2ccc([C@H]3C[C@@H]3CN(C)C)cc2)c1Sc1ccc(Cl)cn1. The quantitative estimate of drug-likeness (QED) is 0.582. The van der Waals surface area contributed by atoms with E-state index >= 15 is 0 Å². The Morgan fingerprint density at radius 2 is 2.04 bits per heavy atom. The lowest BCUT2D eigenvalue weighted by molar-refractivity contribution is 0.385. The second-order valence-electron chi connectivity index (χ2n) is 7.17. The van der Waals surface area contributed by atoms with Gasteiger partial charge in [-0.25, -0.2) is 9.97 Å². The van der Waals surface area contributed by atoms with Crippen LogP contribution in [0.5, 0.6) is 0 Å². The van der Waals surface area contributed by atoms with Gasteiger partial charge < -0.3 is 9.47 Å². The molecule has 1 fully saturated rings. The summed E-state index contributed by atoms with van der Waals surface area (Å²) in [7, 11) is 4.21. The number of nitrogens with zero attached hydrogens (tertiary/aromatic N) is 4. The summed E-state index contributed by atoms with van der Waals surface area (Å²) in [4.78, 5) is 11.0. The molecule has 3 aromatic rings. The molecule has 4 rings (SSSR count). The summed E-state index contributed by atoms with van der Waals surface area (Å²) in [6, 6.07) is 11.9. The monoisotopic (exact) mass is 404 g/mol. The number of aromatic nitrogens is 3. The van der Waals surface area contributed by atoms with Gasteiger partial charge in [-0.1, -0.05) is 35.9 Å². The highest BCUT2D eigenvalue weighted by molar-refractivity contribution is 7.99. The second kappa shape index (κ2) is 7.66. The third kappa shape index (κ3) is 4.21. The number of rotatable bonds is 6. The van der Waals surface area contributed by atoms with Crippen molar-refractivity contribution in [2.45, 2.75) is 22.4 Å². The fraction of sp³-hybridized carbons (Fsp3) is 0.333. The van der Waals surface area contributed by atoms with Crippen molar-refractivity contribution in [3.05, 3.63) is 59.5 Å². The lowest BCUT2D eigenvalue weighted by Gasteiger charge is -2.09. The zero-order chi connectivity index (χ0) is 21.5. The fourth-order valence-electron chi connectivity index (χ4n) is 3.37. The Morgan fingerprint density at radius 3 is 2.70 bits per heavy atom. The van der Waals surface area contributed by atoms with Crippen LogP contribution in [0.15, 0.2) is 59.0 Å². The van der Waals surface area contributed by atoms with Gasteiger partial charge in [-0.05, 0) is 61.8 Å². The highest BCUT2D eigenvalue weighted by Crippen LogP contribution is 2.48. The largest absolute Gasteiger partial charge is 0.328 e. The average molecular weight is 405 g/mol. The van der Waals surface area contributed by atoms with Gasteiger partial charge in [0.25, 0.3) is 0 Å². The Morgan fingerprint density at radius 1 is 1.22 bits per heavy atom. The van der Waals surface area contributed by atoms with Gasteiger partial charge in [-0.2, -0.15) is 0 Å². The zero-order valence-corrected chi connectivity index (χ0v) is 16.8. The van der Waals surface area contributed by atoms with E-state index in [2.05, 4.69) is 41.1 Å². The molecule has 6 heteroatoms. The molecule has 0 spiro atoms. The van der Waals surface area contributed by atoms with Gasteiger partial charge in [0, 0.05) is 29.4 Å². The first-order valence-electron chi connectivity index (χ1n) is 10.3. The summed E-state index contributed by atoms with van der Waals surface area (Å²) in [5.74, 6) is 1.32. The minimum absolute atomic E-state index is 0.534. The molecule has 1 aliphatic carbocycles. The maximum atomic E-state index is 7.86. The molecule has 0 bridgehead atoms. The van der Waals surface area contributed by atoms with Crippen molar-refractivity contribution < 1.29 is 4.11 Å². The smallest absolute Gasteiger partial charge is 0.109 e. The van der Waals surface area contributed by atoms with Crippen molar-refractivity contribution in [3.8, 4) is 11.3 Å². The number of imidazole rings is 1. The number of hydrogen-bond acceptors (Lipinski definition) is 4. The first-order chi connectivity index (χ1) is 14.2. The standard InChI is InChI=1S/C21H23ClN4S/c1-25(2)12-16-10-18(16)14-4-6-15(7-5-14)20-21(26(3)13-24-20)27-19-9-8-17(22)11-23-19/h4-9,11,13,16,18H,10,12H2,1-3H3/t16-,18-/m1/s1/i3T3. The fourth-order valence-corrected chi connectivity index (χ4v) is 4.33. The Balaban J connectivity index is 1.62. The van der Waals surface area contributed by atoms with E-state index in [-0.39, 0.29) is 0 Å². The lowest BCUT2D eigenvalue weighted by Crippen LogP contribution is -2.15. The van der Waals surface area contributed by atoms with Crippen molar-refractivity contribution in [3.63, 3.8) is 0 Å². The van der Waals surface area contributed by atoms with Crippen LogP contribution in [0.2, 0.25) is 5.02 Å². The predicted molar refractivity (Wildman–Crippen MR) is 111 cm³/mol. The van der Waals surface area contributed by atoms with Crippen LogP contribution in [0.25, 0.3) is 11.3 Å². The molecule has 2 atom stereocenters. The lowest BCUT2D eigenvalue weighted by atomic mass is 10.1. The van der Waals surface area contributed by atoms with Gasteiger partial charge in [-0.15, -0.1) is 0 Å². The van der Waals surface area contributed by atoms with Crippen molar-refractivity contribution in [2.24, 2.45) is 12.9 Å². The topological polar surface area (TPSA) is 34.0 Å². The van der Waals surface area contributed by atoms with Gasteiger partial charge in [-0.3, -0.25) is 0 Å². The molecule has 2 heterocycles. The molecule has 0 unspecified atom stereocenters. The van der Waals surface area contributed by atoms with Crippen LogP contribution in [0.3, 0.4) is 0 Å². The molecule has 0 N–H and O–H groups in total. The first kappa shape index (κ1) is 15.1. The number of halogens is 1. The van der Waals surface area contributed by atoms with Crippen LogP contribution >= 0.6 is 23.4 Å². The van der Waals surface area contributed by atoms with E-state index < -0.39 is 6.98 Å². The molecule has 2 aromatic heterocycles. The summed E-state index contributed by atoms with van der Waals surface area (Å²) in [5, 5.41) is 1.73. The van der Waals surface area contributed by atoms with Crippen LogP contribution in [0.1, 0.15) is 22.0 Å². The molecule has 1 aliphatic rings. The molecular formula is C21H23ClN4S. The number of benzene rings is 1. The number of aryl methyl sites for hydroxylation is 1. The number of pyridine rings is 1. The minimum atomic E-state index is -2.33. The molecule has 4 nitrogen and oxygen atoms in total. The van der Waals surface area contributed by atoms with Gasteiger partial charge >= 0.3 is 0 Å². The highest BCUT2D eigenvalue weighted by Gasteiger charge is 2.38. The van der Waals surface area contributed by atoms with Crippen molar-refractivity contribution in [2.75, 3.05) is 20.6 Å². The van der Waals surface area contributed by atoms with E-state index in [0.717, 1.165) is 12.1 Å².